The molecule has 0 bridgehead atoms. The Morgan fingerprint density at radius 3 is 2.95 bits per heavy atom. The molecule has 5 nitrogen and oxygen atoms in total. The van der Waals surface area contributed by atoms with Gasteiger partial charge < -0.3 is 4.74 Å². The van der Waals surface area contributed by atoms with Gasteiger partial charge in [0.15, 0.2) is 0 Å². The molecule has 0 spiro atoms. The number of ether oxygens (including phenoxy) is 1. The summed E-state index contributed by atoms with van der Waals surface area (Å²) in [5, 5.41) is 4.06. The number of nitrogens with zero attached hydrogens (tertiary/aromatic N) is 3. The first kappa shape index (κ1) is 12.8. The Balaban J connectivity index is 1.69. The number of esters is 1. The van der Waals surface area contributed by atoms with Crippen molar-refractivity contribution in [1.29, 1.82) is 0 Å². The summed E-state index contributed by atoms with van der Waals surface area (Å²) < 4.78 is 7.09. The van der Waals surface area contributed by atoms with E-state index in [1.54, 1.807) is 17.1 Å². The zero-order valence-corrected chi connectivity index (χ0v) is 11.4. The van der Waals surface area contributed by atoms with Gasteiger partial charge in [0.25, 0.3) is 0 Å². The van der Waals surface area contributed by atoms with Crippen LogP contribution in [0.15, 0.2) is 36.9 Å². The molecule has 20 heavy (non-hydrogen) atoms. The molecular weight excluding hydrogens is 254 g/mol. The van der Waals surface area contributed by atoms with Crippen molar-refractivity contribution >= 4 is 5.97 Å². The molecule has 1 aliphatic rings. The molecular formula is C15H17N3O2. The van der Waals surface area contributed by atoms with Crippen molar-refractivity contribution < 1.29 is 9.53 Å². The van der Waals surface area contributed by atoms with E-state index >= 15 is 0 Å². The SMILES string of the molecule is C[C@@H]1C[C@H]1COC(=O)c1ccccc1Cn1cncn1. The van der Waals surface area contributed by atoms with Crippen LogP contribution in [-0.4, -0.2) is 27.3 Å². The van der Waals surface area contributed by atoms with Crippen LogP contribution in [0.1, 0.15) is 29.3 Å². The van der Waals surface area contributed by atoms with Crippen molar-refractivity contribution in [2.45, 2.75) is 19.9 Å². The van der Waals surface area contributed by atoms with Crippen molar-refractivity contribution in [2.24, 2.45) is 11.8 Å². The van der Waals surface area contributed by atoms with Crippen LogP contribution in [0.5, 0.6) is 0 Å². The molecule has 0 radical (unpaired) electrons. The number of hydrogen-bond acceptors (Lipinski definition) is 4. The van der Waals surface area contributed by atoms with Gasteiger partial charge in [-0.25, -0.2) is 14.5 Å². The summed E-state index contributed by atoms with van der Waals surface area (Å²) in [6, 6.07) is 7.47. The summed E-state index contributed by atoms with van der Waals surface area (Å²) in [4.78, 5) is 16.1. The maximum Gasteiger partial charge on any atom is 0.338 e. The van der Waals surface area contributed by atoms with E-state index < -0.39 is 0 Å². The van der Waals surface area contributed by atoms with E-state index in [-0.39, 0.29) is 5.97 Å². The zero-order chi connectivity index (χ0) is 13.9. The molecule has 104 valence electrons. The lowest BCUT2D eigenvalue weighted by molar-refractivity contribution is 0.0480. The van der Waals surface area contributed by atoms with Gasteiger partial charge in [-0.3, -0.25) is 0 Å². The van der Waals surface area contributed by atoms with Crippen LogP contribution >= 0.6 is 0 Å². The molecule has 2 atom stereocenters. The lowest BCUT2D eigenvalue weighted by atomic mass is 10.1. The molecule has 5 heteroatoms. The second-order valence-electron chi connectivity index (χ2n) is 5.32. The third kappa shape index (κ3) is 2.87. The van der Waals surface area contributed by atoms with Crippen LogP contribution in [0.4, 0.5) is 0 Å². The molecule has 0 aliphatic heterocycles. The van der Waals surface area contributed by atoms with E-state index in [4.69, 9.17) is 4.74 Å². The summed E-state index contributed by atoms with van der Waals surface area (Å²) in [7, 11) is 0. The van der Waals surface area contributed by atoms with Crippen LogP contribution in [0.3, 0.4) is 0 Å². The van der Waals surface area contributed by atoms with Crippen LogP contribution in [0.25, 0.3) is 0 Å². The molecule has 0 saturated heterocycles. The predicted molar refractivity (Wildman–Crippen MR) is 73.1 cm³/mol. The number of hydrogen-bond donors (Lipinski definition) is 0. The number of aromatic nitrogens is 3. The highest BCUT2D eigenvalue weighted by Crippen LogP contribution is 2.37. The van der Waals surface area contributed by atoms with Crippen LogP contribution in [-0.2, 0) is 11.3 Å². The maximum absolute atomic E-state index is 12.2. The lowest BCUT2D eigenvalue weighted by Crippen LogP contribution is -2.12. The molecule has 1 aliphatic carbocycles. The van der Waals surface area contributed by atoms with E-state index in [9.17, 15) is 4.79 Å². The highest BCUT2D eigenvalue weighted by molar-refractivity contribution is 5.91. The number of carbonyl (C=O) groups is 1. The van der Waals surface area contributed by atoms with Gasteiger partial charge in [-0.1, -0.05) is 25.1 Å². The topological polar surface area (TPSA) is 57.0 Å². The fraction of sp³-hybridized carbons (Fsp3) is 0.400. The molecule has 0 unspecified atom stereocenters. The van der Waals surface area contributed by atoms with Crippen molar-refractivity contribution in [3.63, 3.8) is 0 Å². The van der Waals surface area contributed by atoms with Crippen LogP contribution in [0, 0.1) is 11.8 Å². The summed E-state index contributed by atoms with van der Waals surface area (Å²) in [6.07, 6.45) is 4.28. The fourth-order valence-electron chi connectivity index (χ4n) is 2.24. The predicted octanol–water partition coefficient (Wildman–Crippen LogP) is 2.14. The van der Waals surface area contributed by atoms with Gasteiger partial charge in [-0.15, -0.1) is 0 Å². The average Bonchev–Trinajstić information content (AvgIpc) is 2.93. The molecule has 1 fully saturated rings. The third-order valence-electron chi connectivity index (χ3n) is 3.74. The molecule has 2 aromatic rings. The van der Waals surface area contributed by atoms with Gasteiger partial charge in [0, 0.05) is 0 Å². The Kier molecular flexibility index (Phi) is 3.50. The average molecular weight is 271 g/mol. The monoisotopic (exact) mass is 271 g/mol. The van der Waals surface area contributed by atoms with Gasteiger partial charge in [-0.05, 0) is 29.9 Å². The Labute approximate surface area is 117 Å². The number of benzene rings is 1. The van der Waals surface area contributed by atoms with Crippen molar-refractivity contribution in [3.8, 4) is 0 Å². The second-order valence-corrected chi connectivity index (χ2v) is 5.32. The second kappa shape index (κ2) is 5.45. The van der Waals surface area contributed by atoms with Crippen molar-refractivity contribution in [1.82, 2.24) is 14.8 Å². The van der Waals surface area contributed by atoms with Crippen LogP contribution < -0.4 is 0 Å². The smallest absolute Gasteiger partial charge is 0.338 e. The Hall–Kier alpha value is -2.17. The molecule has 3 rings (SSSR count). The van der Waals surface area contributed by atoms with E-state index in [1.165, 1.54) is 6.33 Å². The number of rotatable bonds is 5. The first-order valence-corrected chi connectivity index (χ1v) is 6.81. The lowest BCUT2D eigenvalue weighted by Gasteiger charge is -2.09. The minimum Gasteiger partial charge on any atom is -0.462 e. The quantitative estimate of drug-likeness (QED) is 0.782. The van der Waals surface area contributed by atoms with E-state index in [0.717, 1.165) is 12.0 Å². The minimum atomic E-state index is -0.250. The first-order chi connectivity index (χ1) is 9.74. The highest BCUT2D eigenvalue weighted by atomic mass is 16.5. The van der Waals surface area contributed by atoms with E-state index in [2.05, 4.69) is 17.0 Å². The highest BCUT2D eigenvalue weighted by Gasteiger charge is 2.33. The standard InChI is InChI=1S/C15H17N3O2/c1-11-6-13(11)8-20-15(19)14-5-3-2-4-12(14)7-18-10-16-9-17-18/h2-5,9-11,13H,6-8H2,1H3/t11-,13+/m1/s1. The number of carbonyl (C=O) groups excluding carboxylic acids is 1. The Morgan fingerprint density at radius 2 is 2.25 bits per heavy atom. The van der Waals surface area contributed by atoms with E-state index in [0.29, 0.717) is 30.6 Å². The van der Waals surface area contributed by atoms with E-state index in [1.807, 2.05) is 18.2 Å². The van der Waals surface area contributed by atoms with Crippen molar-refractivity contribution in [2.75, 3.05) is 6.61 Å². The van der Waals surface area contributed by atoms with Crippen molar-refractivity contribution in [3.05, 3.63) is 48.0 Å². The summed E-state index contributed by atoms with van der Waals surface area (Å²) in [5.74, 6) is 0.981. The minimum absolute atomic E-state index is 0.250. The molecule has 0 amide bonds. The molecule has 1 heterocycles. The third-order valence-corrected chi connectivity index (χ3v) is 3.74. The van der Waals surface area contributed by atoms with Gasteiger partial charge in [0.05, 0.1) is 18.7 Å². The fourth-order valence-corrected chi connectivity index (χ4v) is 2.24. The summed E-state index contributed by atoms with van der Waals surface area (Å²) in [6.45, 7) is 3.22. The maximum atomic E-state index is 12.2. The normalized spacial score (nSPS) is 20.6. The molecule has 1 saturated carbocycles. The Morgan fingerprint density at radius 1 is 1.45 bits per heavy atom. The van der Waals surface area contributed by atoms with Gasteiger partial charge in [0.1, 0.15) is 12.7 Å². The van der Waals surface area contributed by atoms with Gasteiger partial charge in [-0.2, -0.15) is 5.10 Å². The molecule has 1 aromatic carbocycles. The van der Waals surface area contributed by atoms with Crippen LogP contribution in [0.2, 0.25) is 0 Å². The first-order valence-electron chi connectivity index (χ1n) is 6.81. The Bertz CT molecular complexity index is 595. The zero-order valence-electron chi connectivity index (χ0n) is 11.4. The summed E-state index contributed by atoms with van der Waals surface area (Å²) in [5.41, 5.74) is 1.50. The molecule has 1 aromatic heterocycles. The molecule has 0 N–H and O–H groups in total. The van der Waals surface area contributed by atoms with Gasteiger partial charge in [0.2, 0.25) is 0 Å². The van der Waals surface area contributed by atoms with Gasteiger partial charge >= 0.3 is 5.97 Å². The summed E-state index contributed by atoms with van der Waals surface area (Å²) >= 11 is 0. The largest absolute Gasteiger partial charge is 0.462 e.